The Balaban J connectivity index is 1.74. The first-order chi connectivity index (χ1) is 14.3. The van der Waals surface area contributed by atoms with E-state index in [4.69, 9.17) is 0 Å². The summed E-state index contributed by atoms with van der Waals surface area (Å²) < 4.78 is 39.6. The first kappa shape index (κ1) is 21.4. The number of rotatable bonds is 7. The molecule has 30 heavy (non-hydrogen) atoms. The van der Waals surface area contributed by atoms with Crippen LogP contribution >= 0.6 is 0 Å². The van der Waals surface area contributed by atoms with Crippen LogP contribution in [0.5, 0.6) is 0 Å². The van der Waals surface area contributed by atoms with Crippen LogP contribution in [-0.4, -0.2) is 10.5 Å². The Kier molecular flexibility index (Phi) is 6.72. The number of carbonyl (C=O) groups is 1. The van der Waals surface area contributed by atoms with Crippen molar-refractivity contribution < 1.29 is 18.0 Å². The molecule has 0 fully saturated rings. The number of carbonyl (C=O) groups excluding carboxylic acids is 1. The van der Waals surface area contributed by atoms with Gasteiger partial charge in [0, 0.05) is 6.20 Å². The van der Waals surface area contributed by atoms with Crippen LogP contribution in [0.3, 0.4) is 0 Å². The molecule has 1 amide bonds. The van der Waals surface area contributed by atoms with Crippen LogP contribution in [0.25, 0.3) is 0 Å². The maximum absolute atomic E-state index is 12.9. The molecule has 0 saturated carbocycles. The molecule has 2 aromatic carbocycles. The van der Waals surface area contributed by atoms with Crippen LogP contribution < -0.4 is 10.9 Å². The predicted octanol–water partition coefficient (Wildman–Crippen LogP) is 4.36. The number of hydrogen-bond donors (Lipinski definition) is 1. The van der Waals surface area contributed by atoms with Crippen LogP contribution in [0.4, 0.5) is 13.2 Å². The summed E-state index contributed by atoms with van der Waals surface area (Å²) in [7, 11) is 0. The van der Waals surface area contributed by atoms with Gasteiger partial charge in [-0.05, 0) is 36.1 Å². The molecule has 0 spiro atoms. The standard InChI is InChI=1S/C23H21F3N2O2/c24-23(25,26)19-12-7-15-28(22(19)30)16-21(29)27-20(18-10-5-2-6-11-18)14-13-17-8-3-1-4-9-17/h1-12,15,20H,13-14,16H2,(H,27,29). The molecule has 0 radical (unpaired) electrons. The molecule has 1 unspecified atom stereocenters. The van der Waals surface area contributed by atoms with Crippen molar-refractivity contribution in [3.8, 4) is 0 Å². The Morgan fingerprint density at radius 2 is 1.57 bits per heavy atom. The van der Waals surface area contributed by atoms with Crippen molar-refractivity contribution in [2.75, 3.05) is 0 Å². The van der Waals surface area contributed by atoms with E-state index in [-0.39, 0.29) is 6.04 Å². The highest BCUT2D eigenvalue weighted by Gasteiger charge is 2.34. The summed E-state index contributed by atoms with van der Waals surface area (Å²) in [5, 5.41) is 2.86. The Bertz CT molecular complexity index is 1030. The number of aromatic nitrogens is 1. The van der Waals surface area contributed by atoms with Crippen molar-refractivity contribution in [1.82, 2.24) is 9.88 Å². The van der Waals surface area contributed by atoms with Crippen molar-refractivity contribution in [3.63, 3.8) is 0 Å². The zero-order valence-electron chi connectivity index (χ0n) is 16.1. The van der Waals surface area contributed by atoms with Gasteiger partial charge in [-0.25, -0.2) is 0 Å². The third-order valence-corrected chi connectivity index (χ3v) is 4.74. The predicted molar refractivity (Wildman–Crippen MR) is 108 cm³/mol. The van der Waals surface area contributed by atoms with Gasteiger partial charge in [0.2, 0.25) is 5.91 Å². The fraction of sp³-hybridized carbons (Fsp3) is 0.217. The molecule has 1 N–H and O–H groups in total. The summed E-state index contributed by atoms with van der Waals surface area (Å²) in [4.78, 5) is 24.6. The molecule has 0 aliphatic carbocycles. The Morgan fingerprint density at radius 3 is 2.20 bits per heavy atom. The molecule has 1 atom stereocenters. The van der Waals surface area contributed by atoms with Crippen LogP contribution in [0.2, 0.25) is 0 Å². The first-order valence-electron chi connectivity index (χ1n) is 9.49. The summed E-state index contributed by atoms with van der Waals surface area (Å²) in [5.74, 6) is -0.529. The molecule has 0 bridgehead atoms. The number of amides is 1. The summed E-state index contributed by atoms with van der Waals surface area (Å²) in [6.07, 6.45) is -2.26. The van der Waals surface area contributed by atoms with Crippen LogP contribution in [-0.2, 0) is 23.9 Å². The maximum atomic E-state index is 12.9. The largest absolute Gasteiger partial charge is 0.421 e. The summed E-state index contributed by atoms with van der Waals surface area (Å²) >= 11 is 0. The van der Waals surface area contributed by atoms with Gasteiger partial charge in [0.1, 0.15) is 12.1 Å². The Labute approximate surface area is 172 Å². The van der Waals surface area contributed by atoms with Gasteiger partial charge in [-0.2, -0.15) is 13.2 Å². The van der Waals surface area contributed by atoms with Gasteiger partial charge in [-0.1, -0.05) is 60.7 Å². The lowest BCUT2D eigenvalue weighted by Gasteiger charge is -2.20. The maximum Gasteiger partial charge on any atom is 0.421 e. The Hall–Kier alpha value is -3.35. The second kappa shape index (κ2) is 9.43. The second-order valence-electron chi connectivity index (χ2n) is 6.91. The van der Waals surface area contributed by atoms with Crippen LogP contribution in [0, 0.1) is 0 Å². The average Bonchev–Trinajstić information content (AvgIpc) is 2.73. The number of alkyl halides is 3. The molecular formula is C23H21F3N2O2. The molecule has 3 rings (SSSR count). The molecule has 3 aromatic rings. The second-order valence-corrected chi connectivity index (χ2v) is 6.91. The van der Waals surface area contributed by atoms with Crippen molar-refractivity contribution in [2.24, 2.45) is 0 Å². The first-order valence-corrected chi connectivity index (χ1v) is 9.49. The van der Waals surface area contributed by atoms with E-state index in [2.05, 4.69) is 5.32 Å². The Morgan fingerprint density at radius 1 is 0.933 bits per heavy atom. The van der Waals surface area contributed by atoms with E-state index in [0.717, 1.165) is 21.8 Å². The normalized spacial score (nSPS) is 12.4. The average molecular weight is 414 g/mol. The fourth-order valence-electron chi connectivity index (χ4n) is 3.23. The lowest BCUT2D eigenvalue weighted by atomic mass is 9.99. The van der Waals surface area contributed by atoms with Gasteiger partial charge in [0.25, 0.3) is 5.56 Å². The lowest BCUT2D eigenvalue weighted by molar-refractivity contribution is -0.139. The zero-order valence-corrected chi connectivity index (χ0v) is 16.1. The topological polar surface area (TPSA) is 51.1 Å². The summed E-state index contributed by atoms with van der Waals surface area (Å²) in [6.45, 7) is -0.489. The van der Waals surface area contributed by atoms with Crippen LogP contribution in [0.15, 0.2) is 83.8 Å². The number of aryl methyl sites for hydroxylation is 1. The number of nitrogens with one attached hydrogen (secondary N) is 1. The molecule has 7 heteroatoms. The number of halogens is 3. The molecule has 1 heterocycles. The minimum Gasteiger partial charge on any atom is -0.348 e. The van der Waals surface area contributed by atoms with E-state index >= 15 is 0 Å². The third-order valence-electron chi connectivity index (χ3n) is 4.74. The van der Waals surface area contributed by atoms with E-state index in [9.17, 15) is 22.8 Å². The zero-order chi connectivity index (χ0) is 21.6. The van der Waals surface area contributed by atoms with Crippen molar-refractivity contribution >= 4 is 5.91 Å². The van der Waals surface area contributed by atoms with Gasteiger partial charge in [0.15, 0.2) is 0 Å². The molecule has 4 nitrogen and oxygen atoms in total. The highest BCUT2D eigenvalue weighted by Crippen LogP contribution is 2.26. The van der Waals surface area contributed by atoms with E-state index in [1.807, 2.05) is 60.7 Å². The van der Waals surface area contributed by atoms with Gasteiger partial charge >= 0.3 is 6.18 Å². The number of benzene rings is 2. The van der Waals surface area contributed by atoms with Crippen molar-refractivity contribution in [3.05, 3.63) is 106 Å². The van der Waals surface area contributed by atoms with E-state index in [0.29, 0.717) is 18.9 Å². The van der Waals surface area contributed by atoms with Gasteiger partial charge in [0.05, 0.1) is 6.04 Å². The molecule has 0 saturated heterocycles. The molecule has 1 aromatic heterocycles. The van der Waals surface area contributed by atoms with E-state index < -0.39 is 29.8 Å². The van der Waals surface area contributed by atoms with Crippen molar-refractivity contribution in [1.29, 1.82) is 0 Å². The van der Waals surface area contributed by atoms with Gasteiger partial charge < -0.3 is 9.88 Å². The SMILES string of the molecule is O=C(Cn1cccc(C(F)(F)F)c1=O)NC(CCc1ccccc1)c1ccccc1. The highest BCUT2D eigenvalue weighted by molar-refractivity contribution is 5.76. The van der Waals surface area contributed by atoms with Gasteiger partial charge in [-0.15, -0.1) is 0 Å². The quantitative estimate of drug-likeness (QED) is 0.625. The minimum atomic E-state index is -4.77. The summed E-state index contributed by atoms with van der Waals surface area (Å²) in [5.41, 5.74) is -0.526. The van der Waals surface area contributed by atoms with E-state index in [1.165, 1.54) is 6.20 Å². The minimum absolute atomic E-state index is 0.333. The number of nitrogens with zero attached hydrogens (tertiary/aromatic N) is 1. The lowest BCUT2D eigenvalue weighted by Crippen LogP contribution is -2.36. The number of hydrogen-bond acceptors (Lipinski definition) is 2. The third kappa shape index (κ3) is 5.59. The molecule has 0 aliphatic heterocycles. The summed E-state index contributed by atoms with van der Waals surface area (Å²) in [6, 6.07) is 20.6. The van der Waals surface area contributed by atoms with Gasteiger partial charge in [-0.3, -0.25) is 9.59 Å². The van der Waals surface area contributed by atoms with E-state index in [1.54, 1.807) is 0 Å². The number of pyridine rings is 1. The monoisotopic (exact) mass is 414 g/mol. The smallest absolute Gasteiger partial charge is 0.348 e. The molecule has 156 valence electrons. The van der Waals surface area contributed by atoms with Crippen molar-refractivity contribution in [2.45, 2.75) is 31.6 Å². The highest BCUT2D eigenvalue weighted by atomic mass is 19.4. The fourth-order valence-corrected chi connectivity index (χ4v) is 3.23. The molecule has 0 aliphatic rings. The molecular weight excluding hydrogens is 393 g/mol. The van der Waals surface area contributed by atoms with Crippen LogP contribution in [0.1, 0.15) is 29.2 Å².